The summed E-state index contributed by atoms with van der Waals surface area (Å²) >= 11 is 5.95. The molecule has 1 N–H and O–H groups in total. The molecule has 0 spiro atoms. The summed E-state index contributed by atoms with van der Waals surface area (Å²) in [4.78, 5) is 25.3. The normalized spacial score (nSPS) is 11.1. The predicted octanol–water partition coefficient (Wildman–Crippen LogP) is 5.50. The van der Waals surface area contributed by atoms with E-state index < -0.39 is 11.9 Å². The SMILES string of the molecule is CCOC(=O)c1c(-c2ccc(Cl)cc2)noc1NC(=O)COc1ccc(OC)cc1C(C)(C)C. The lowest BCUT2D eigenvalue weighted by Gasteiger charge is -2.23. The Bertz CT molecular complexity index is 1170. The number of carbonyl (C=O) groups is 2. The molecular formula is C25H27ClN2O6. The highest BCUT2D eigenvalue weighted by Gasteiger charge is 2.27. The van der Waals surface area contributed by atoms with Gasteiger partial charge in [0.1, 0.15) is 17.2 Å². The van der Waals surface area contributed by atoms with Crippen molar-refractivity contribution in [3.05, 3.63) is 58.6 Å². The first kappa shape index (κ1) is 25.1. The van der Waals surface area contributed by atoms with E-state index in [-0.39, 0.29) is 35.8 Å². The van der Waals surface area contributed by atoms with Crippen molar-refractivity contribution in [1.82, 2.24) is 5.16 Å². The first-order chi connectivity index (χ1) is 16.1. The summed E-state index contributed by atoms with van der Waals surface area (Å²) in [7, 11) is 1.59. The number of amides is 1. The molecule has 0 fully saturated rings. The summed E-state index contributed by atoms with van der Waals surface area (Å²) < 4.78 is 21.5. The molecule has 0 saturated heterocycles. The molecule has 0 aliphatic carbocycles. The molecule has 8 nitrogen and oxygen atoms in total. The number of rotatable bonds is 8. The van der Waals surface area contributed by atoms with Crippen LogP contribution in [-0.2, 0) is 14.9 Å². The number of halogens is 1. The summed E-state index contributed by atoms with van der Waals surface area (Å²) in [5.41, 5.74) is 1.47. The van der Waals surface area contributed by atoms with Gasteiger partial charge in [-0.2, -0.15) is 0 Å². The van der Waals surface area contributed by atoms with Gasteiger partial charge in [0.25, 0.3) is 5.91 Å². The molecule has 1 aromatic heterocycles. The third-order valence-corrected chi connectivity index (χ3v) is 5.15. The Balaban J connectivity index is 1.81. The summed E-state index contributed by atoms with van der Waals surface area (Å²) in [5.74, 6) is -0.0800. The lowest BCUT2D eigenvalue weighted by atomic mass is 9.86. The highest BCUT2D eigenvalue weighted by molar-refractivity contribution is 6.30. The third kappa shape index (κ3) is 5.88. The number of esters is 1. The Labute approximate surface area is 203 Å². The van der Waals surface area contributed by atoms with Gasteiger partial charge in [-0.25, -0.2) is 4.79 Å². The number of ether oxygens (including phenoxy) is 3. The van der Waals surface area contributed by atoms with Crippen LogP contribution < -0.4 is 14.8 Å². The van der Waals surface area contributed by atoms with Crippen molar-refractivity contribution >= 4 is 29.4 Å². The van der Waals surface area contributed by atoms with Crippen molar-refractivity contribution in [1.29, 1.82) is 0 Å². The van der Waals surface area contributed by atoms with E-state index >= 15 is 0 Å². The topological polar surface area (TPSA) is 99.9 Å². The van der Waals surface area contributed by atoms with Crippen LogP contribution in [0.15, 0.2) is 47.0 Å². The minimum absolute atomic E-state index is 0.0114. The summed E-state index contributed by atoms with van der Waals surface area (Å²) in [5, 5.41) is 7.06. The van der Waals surface area contributed by atoms with Crippen LogP contribution in [0.25, 0.3) is 11.3 Å². The number of methoxy groups -OCH3 is 1. The second-order valence-electron chi connectivity index (χ2n) is 8.41. The van der Waals surface area contributed by atoms with Crippen molar-refractivity contribution in [2.45, 2.75) is 33.1 Å². The van der Waals surface area contributed by atoms with E-state index in [1.54, 1.807) is 50.4 Å². The Kier molecular flexibility index (Phi) is 7.83. The van der Waals surface area contributed by atoms with Crippen LogP contribution in [0.4, 0.5) is 5.88 Å². The van der Waals surface area contributed by atoms with Gasteiger partial charge in [0.2, 0.25) is 5.88 Å². The monoisotopic (exact) mass is 486 g/mol. The molecule has 3 rings (SSSR count). The van der Waals surface area contributed by atoms with E-state index in [0.717, 1.165) is 5.56 Å². The van der Waals surface area contributed by atoms with Crippen molar-refractivity contribution in [2.24, 2.45) is 0 Å². The molecule has 34 heavy (non-hydrogen) atoms. The maximum Gasteiger partial charge on any atom is 0.346 e. The van der Waals surface area contributed by atoms with Gasteiger partial charge in [0.05, 0.1) is 13.7 Å². The van der Waals surface area contributed by atoms with Gasteiger partial charge in [0.15, 0.2) is 12.2 Å². The Morgan fingerprint density at radius 2 is 1.82 bits per heavy atom. The molecule has 0 bridgehead atoms. The van der Waals surface area contributed by atoms with E-state index in [1.807, 2.05) is 26.8 Å². The minimum atomic E-state index is -0.671. The van der Waals surface area contributed by atoms with Crippen LogP contribution in [0.1, 0.15) is 43.6 Å². The molecule has 180 valence electrons. The van der Waals surface area contributed by atoms with Gasteiger partial charge >= 0.3 is 5.97 Å². The van der Waals surface area contributed by atoms with Crippen LogP contribution in [0, 0.1) is 0 Å². The summed E-state index contributed by atoms with van der Waals surface area (Å²) in [6.45, 7) is 7.62. The first-order valence-electron chi connectivity index (χ1n) is 10.7. The number of anilines is 1. The highest BCUT2D eigenvalue weighted by atomic mass is 35.5. The molecule has 1 amide bonds. The number of hydrogen-bond acceptors (Lipinski definition) is 7. The lowest BCUT2D eigenvalue weighted by molar-refractivity contribution is -0.118. The molecule has 0 aliphatic rings. The Morgan fingerprint density at radius 3 is 2.44 bits per heavy atom. The molecule has 0 aliphatic heterocycles. The zero-order chi connectivity index (χ0) is 24.9. The van der Waals surface area contributed by atoms with Gasteiger partial charge in [0, 0.05) is 16.1 Å². The van der Waals surface area contributed by atoms with Gasteiger partial charge in [-0.15, -0.1) is 0 Å². The fraction of sp³-hybridized carbons (Fsp3) is 0.320. The van der Waals surface area contributed by atoms with E-state index in [2.05, 4.69) is 10.5 Å². The number of carbonyl (C=O) groups excluding carboxylic acids is 2. The van der Waals surface area contributed by atoms with E-state index in [4.69, 9.17) is 30.3 Å². The maximum atomic E-state index is 12.7. The average molecular weight is 487 g/mol. The molecule has 2 aromatic carbocycles. The quantitative estimate of drug-likeness (QED) is 0.420. The number of nitrogens with zero attached hydrogens (tertiary/aromatic N) is 1. The molecule has 0 radical (unpaired) electrons. The van der Waals surface area contributed by atoms with Crippen molar-refractivity contribution in [3.8, 4) is 22.8 Å². The number of benzene rings is 2. The maximum absolute atomic E-state index is 12.7. The molecule has 9 heteroatoms. The van der Waals surface area contributed by atoms with Crippen molar-refractivity contribution in [3.63, 3.8) is 0 Å². The fourth-order valence-electron chi connectivity index (χ4n) is 3.23. The highest BCUT2D eigenvalue weighted by Crippen LogP contribution is 2.34. The minimum Gasteiger partial charge on any atom is -0.497 e. The van der Waals surface area contributed by atoms with Crippen LogP contribution in [0.3, 0.4) is 0 Å². The Morgan fingerprint density at radius 1 is 1.12 bits per heavy atom. The molecule has 0 atom stereocenters. The van der Waals surface area contributed by atoms with Gasteiger partial charge < -0.3 is 18.7 Å². The second-order valence-corrected chi connectivity index (χ2v) is 8.85. The molecule has 0 saturated carbocycles. The van der Waals surface area contributed by atoms with Crippen molar-refractivity contribution < 1.29 is 28.3 Å². The number of aromatic nitrogens is 1. The summed E-state index contributed by atoms with van der Waals surface area (Å²) in [6.07, 6.45) is 0. The zero-order valence-electron chi connectivity index (χ0n) is 19.7. The van der Waals surface area contributed by atoms with Gasteiger partial charge in [-0.3, -0.25) is 10.1 Å². The second kappa shape index (κ2) is 10.6. The predicted molar refractivity (Wildman–Crippen MR) is 129 cm³/mol. The third-order valence-electron chi connectivity index (χ3n) is 4.90. The van der Waals surface area contributed by atoms with Crippen LogP contribution >= 0.6 is 11.6 Å². The molecule has 0 unspecified atom stereocenters. The van der Waals surface area contributed by atoms with E-state index in [1.165, 1.54) is 0 Å². The first-order valence-corrected chi connectivity index (χ1v) is 11.1. The number of hydrogen-bond donors (Lipinski definition) is 1. The largest absolute Gasteiger partial charge is 0.497 e. The summed E-state index contributed by atoms with van der Waals surface area (Å²) in [6, 6.07) is 12.1. The van der Waals surface area contributed by atoms with E-state index in [0.29, 0.717) is 22.1 Å². The standard InChI is InChI=1S/C25H27ClN2O6/c1-6-32-24(30)21-22(15-7-9-16(26)10-8-15)28-34-23(21)27-20(29)14-33-19-12-11-17(31-5)13-18(19)25(2,3)4/h7-13H,6,14H2,1-5H3,(H,27,29). The van der Waals surface area contributed by atoms with E-state index in [9.17, 15) is 9.59 Å². The molecule has 3 aromatic rings. The Hall–Kier alpha value is -3.52. The van der Waals surface area contributed by atoms with Gasteiger partial charge in [-0.05, 0) is 42.7 Å². The van der Waals surface area contributed by atoms with Crippen LogP contribution in [-0.4, -0.2) is 37.4 Å². The molecule has 1 heterocycles. The average Bonchev–Trinajstić information content (AvgIpc) is 3.21. The van der Waals surface area contributed by atoms with Crippen LogP contribution in [0.2, 0.25) is 5.02 Å². The number of nitrogens with one attached hydrogen (secondary N) is 1. The van der Waals surface area contributed by atoms with Gasteiger partial charge in [-0.1, -0.05) is 49.7 Å². The van der Waals surface area contributed by atoms with Crippen LogP contribution in [0.5, 0.6) is 11.5 Å². The smallest absolute Gasteiger partial charge is 0.346 e. The lowest BCUT2D eigenvalue weighted by Crippen LogP contribution is -2.23. The molecular weight excluding hydrogens is 460 g/mol. The zero-order valence-corrected chi connectivity index (χ0v) is 20.5. The van der Waals surface area contributed by atoms with Crippen molar-refractivity contribution in [2.75, 3.05) is 25.6 Å². The fourth-order valence-corrected chi connectivity index (χ4v) is 3.35.